The first-order valence-corrected chi connectivity index (χ1v) is 5.48. The summed E-state index contributed by atoms with van der Waals surface area (Å²) >= 11 is 0. The van der Waals surface area contributed by atoms with Crippen LogP contribution in [0.4, 0.5) is 5.69 Å². The van der Waals surface area contributed by atoms with E-state index in [0.29, 0.717) is 0 Å². The van der Waals surface area contributed by atoms with Gasteiger partial charge < -0.3 is 26.4 Å². The van der Waals surface area contributed by atoms with Crippen LogP contribution in [0.5, 0.6) is 0 Å². The number of hydrogen-bond acceptors (Lipinski definition) is 6. The van der Waals surface area contributed by atoms with Crippen molar-refractivity contribution < 1.29 is 24.5 Å². The van der Waals surface area contributed by atoms with E-state index < -0.39 is 30.5 Å². The van der Waals surface area contributed by atoms with Crippen LogP contribution in [0.25, 0.3) is 0 Å². The van der Waals surface area contributed by atoms with Gasteiger partial charge in [-0.15, -0.1) is 0 Å². The molecule has 0 bridgehead atoms. The molecule has 2 unspecified atom stereocenters. The van der Waals surface area contributed by atoms with Gasteiger partial charge in [0, 0.05) is 5.69 Å². The number of nitrogen functional groups attached to an aromatic ring is 1. The van der Waals surface area contributed by atoms with Crippen LogP contribution in [-0.2, 0) is 9.53 Å². The molecule has 0 fully saturated rings. The van der Waals surface area contributed by atoms with E-state index in [9.17, 15) is 19.8 Å². The highest BCUT2D eigenvalue weighted by atomic mass is 16.5. The number of carbonyl (C=O) groups is 2. The SMILES string of the molecule is COC(=O)c1cc(N)cc(C(O)C(O)CC(N)=O)c1. The smallest absolute Gasteiger partial charge is 0.337 e. The first-order valence-electron chi connectivity index (χ1n) is 5.48. The van der Waals surface area contributed by atoms with Gasteiger partial charge in [0.2, 0.25) is 5.91 Å². The Hall–Kier alpha value is -2.12. The summed E-state index contributed by atoms with van der Waals surface area (Å²) in [6, 6.07) is 4.10. The number of esters is 1. The van der Waals surface area contributed by atoms with Gasteiger partial charge in [-0.05, 0) is 23.8 Å². The lowest BCUT2D eigenvalue weighted by molar-refractivity contribution is -0.121. The maximum absolute atomic E-state index is 11.4. The third-order valence-electron chi connectivity index (χ3n) is 2.52. The Labute approximate surface area is 109 Å². The number of primary amides is 1. The molecule has 19 heavy (non-hydrogen) atoms. The quantitative estimate of drug-likeness (QED) is 0.413. The summed E-state index contributed by atoms with van der Waals surface area (Å²) in [5, 5.41) is 19.5. The highest BCUT2D eigenvalue weighted by Gasteiger charge is 2.22. The summed E-state index contributed by atoms with van der Waals surface area (Å²) in [6.07, 6.45) is -3.15. The molecule has 7 heteroatoms. The Kier molecular flexibility index (Phi) is 4.85. The average molecular weight is 268 g/mol. The fraction of sp³-hybridized carbons (Fsp3) is 0.333. The van der Waals surface area contributed by atoms with Gasteiger partial charge in [-0.3, -0.25) is 4.79 Å². The molecule has 6 N–H and O–H groups in total. The lowest BCUT2D eigenvalue weighted by atomic mass is 9.99. The zero-order valence-electron chi connectivity index (χ0n) is 10.4. The predicted octanol–water partition coefficient (Wildman–Crippen LogP) is -0.675. The number of aliphatic hydroxyl groups is 2. The average Bonchev–Trinajstić information content (AvgIpc) is 2.35. The van der Waals surface area contributed by atoms with E-state index in [1.54, 1.807) is 0 Å². The van der Waals surface area contributed by atoms with E-state index in [2.05, 4.69) is 4.74 Å². The topological polar surface area (TPSA) is 136 Å². The molecule has 0 saturated heterocycles. The van der Waals surface area contributed by atoms with Gasteiger partial charge in [-0.1, -0.05) is 0 Å². The second kappa shape index (κ2) is 6.17. The second-order valence-electron chi connectivity index (χ2n) is 4.06. The number of anilines is 1. The molecule has 0 aliphatic rings. The van der Waals surface area contributed by atoms with Crippen molar-refractivity contribution in [1.29, 1.82) is 0 Å². The van der Waals surface area contributed by atoms with Crippen molar-refractivity contribution in [2.24, 2.45) is 5.73 Å². The van der Waals surface area contributed by atoms with Crippen molar-refractivity contribution >= 4 is 17.6 Å². The number of ether oxygens (including phenoxy) is 1. The number of amides is 1. The minimum atomic E-state index is -1.38. The molecule has 0 aliphatic heterocycles. The minimum Gasteiger partial charge on any atom is -0.465 e. The van der Waals surface area contributed by atoms with Crippen molar-refractivity contribution in [3.8, 4) is 0 Å². The third-order valence-corrected chi connectivity index (χ3v) is 2.52. The molecular weight excluding hydrogens is 252 g/mol. The molecule has 0 heterocycles. The minimum absolute atomic E-state index is 0.142. The molecule has 1 aromatic carbocycles. The number of aliphatic hydroxyl groups excluding tert-OH is 2. The first kappa shape index (κ1) is 14.9. The van der Waals surface area contributed by atoms with Gasteiger partial charge in [0.05, 0.1) is 25.2 Å². The fourth-order valence-electron chi connectivity index (χ4n) is 1.62. The molecule has 0 radical (unpaired) electrons. The van der Waals surface area contributed by atoms with Crippen LogP contribution in [0.15, 0.2) is 18.2 Å². The van der Waals surface area contributed by atoms with E-state index >= 15 is 0 Å². The maximum Gasteiger partial charge on any atom is 0.337 e. The monoisotopic (exact) mass is 268 g/mol. The summed E-state index contributed by atoms with van der Waals surface area (Å²) in [5.74, 6) is -1.37. The fourth-order valence-corrected chi connectivity index (χ4v) is 1.62. The highest BCUT2D eigenvalue weighted by Crippen LogP contribution is 2.23. The Morgan fingerprint density at radius 3 is 2.47 bits per heavy atom. The van der Waals surface area contributed by atoms with E-state index in [4.69, 9.17) is 11.5 Å². The summed E-state index contributed by atoms with van der Waals surface area (Å²) in [7, 11) is 1.21. The van der Waals surface area contributed by atoms with Crippen LogP contribution in [-0.4, -0.2) is 35.3 Å². The van der Waals surface area contributed by atoms with Gasteiger partial charge in [0.1, 0.15) is 6.10 Å². The number of rotatable bonds is 5. The Morgan fingerprint density at radius 1 is 1.32 bits per heavy atom. The van der Waals surface area contributed by atoms with E-state index in [1.807, 2.05) is 0 Å². The van der Waals surface area contributed by atoms with Crippen molar-refractivity contribution in [3.05, 3.63) is 29.3 Å². The molecule has 1 aromatic rings. The van der Waals surface area contributed by atoms with Gasteiger partial charge >= 0.3 is 5.97 Å². The Bertz CT molecular complexity index is 489. The molecule has 0 aromatic heterocycles. The number of methoxy groups -OCH3 is 1. The zero-order valence-corrected chi connectivity index (χ0v) is 10.4. The number of nitrogens with two attached hydrogens (primary N) is 2. The number of benzene rings is 1. The van der Waals surface area contributed by atoms with Crippen LogP contribution in [0.2, 0.25) is 0 Å². The number of hydrogen-bond donors (Lipinski definition) is 4. The summed E-state index contributed by atoms with van der Waals surface area (Å²) in [4.78, 5) is 22.1. The molecule has 0 saturated carbocycles. The molecule has 7 nitrogen and oxygen atoms in total. The Balaban J connectivity index is 3.02. The van der Waals surface area contributed by atoms with Crippen LogP contribution in [0, 0.1) is 0 Å². The first-order chi connectivity index (χ1) is 8.85. The number of carbonyl (C=O) groups excluding carboxylic acids is 2. The van der Waals surface area contributed by atoms with Gasteiger partial charge in [0.15, 0.2) is 0 Å². The van der Waals surface area contributed by atoms with Gasteiger partial charge in [0.25, 0.3) is 0 Å². The molecule has 2 atom stereocenters. The maximum atomic E-state index is 11.4. The lowest BCUT2D eigenvalue weighted by Gasteiger charge is -2.18. The molecule has 104 valence electrons. The lowest BCUT2D eigenvalue weighted by Crippen LogP contribution is -2.26. The highest BCUT2D eigenvalue weighted by molar-refractivity contribution is 5.90. The van der Waals surface area contributed by atoms with E-state index in [1.165, 1.54) is 25.3 Å². The van der Waals surface area contributed by atoms with Crippen molar-refractivity contribution in [2.45, 2.75) is 18.6 Å². The molecular formula is C12H16N2O5. The zero-order chi connectivity index (χ0) is 14.6. The van der Waals surface area contributed by atoms with Gasteiger partial charge in [-0.25, -0.2) is 4.79 Å². The molecule has 1 amide bonds. The second-order valence-corrected chi connectivity index (χ2v) is 4.06. The standard InChI is InChI=1S/C12H16N2O5/c1-19-12(18)7-2-6(3-8(13)4-7)11(17)9(15)5-10(14)16/h2-4,9,11,15,17H,5,13H2,1H3,(H2,14,16). The Morgan fingerprint density at radius 2 is 1.95 bits per heavy atom. The van der Waals surface area contributed by atoms with Crippen LogP contribution in [0.1, 0.15) is 28.4 Å². The van der Waals surface area contributed by atoms with Crippen molar-refractivity contribution in [3.63, 3.8) is 0 Å². The predicted molar refractivity (Wildman–Crippen MR) is 67.0 cm³/mol. The molecule has 1 rings (SSSR count). The van der Waals surface area contributed by atoms with Crippen LogP contribution < -0.4 is 11.5 Å². The largest absolute Gasteiger partial charge is 0.465 e. The summed E-state index contributed by atoms with van der Waals surface area (Å²) in [6.45, 7) is 0. The summed E-state index contributed by atoms with van der Waals surface area (Å²) < 4.78 is 4.54. The van der Waals surface area contributed by atoms with E-state index in [0.717, 1.165) is 0 Å². The third kappa shape index (κ3) is 3.94. The van der Waals surface area contributed by atoms with Crippen LogP contribution in [0.3, 0.4) is 0 Å². The van der Waals surface area contributed by atoms with Crippen LogP contribution >= 0.6 is 0 Å². The van der Waals surface area contributed by atoms with Crippen molar-refractivity contribution in [1.82, 2.24) is 0 Å². The summed E-state index contributed by atoms with van der Waals surface area (Å²) in [5.41, 5.74) is 11.1. The van der Waals surface area contributed by atoms with Crippen molar-refractivity contribution in [2.75, 3.05) is 12.8 Å². The van der Waals surface area contributed by atoms with Gasteiger partial charge in [-0.2, -0.15) is 0 Å². The molecule has 0 spiro atoms. The normalized spacial score (nSPS) is 13.6. The molecule has 0 aliphatic carbocycles. The van der Waals surface area contributed by atoms with E-state index in [-0.39, 0.29) is 16.8 Å².